The minimum absolute atomic E-state index is 0.0686. The number of carboxylic acids is 1. The number of carbonyl (C=O) groups excluding carboxylic acids is 5. The lowest BCUT2D eigenvalue weighted by molar-refractivity contribution is -0.178. The minimum atomic E-state index is -2.37. The van der Waals surface area contributed by atoms with E-state index < -0.39 is 74.5 Å². The number of alkyl carbamates (subject to hydrolysis) is 2. The number of carboxylic acid groups (broad SMARTS) is 1. The highest BCUT2D eigenvalue weighted by Crippen LogP contribution is 2.41. The molecule has 0 aromatic carbocycles. The molecule has 1 fully saturated rings. The van der Waals surface area contributed by atoms with Gasteiger partial charge in [0.2, 0.25) is 5.91 Å². The van der Waals surface area contributed by atoms with Crippen molar-refractivity contribution in [3.05, 3.63) is 25.3 Å². The molecule has 0 radical (unpaired) electrons. The summed E-state index contributed by atoms with van der Waals surface area (Å²) in [6, 6.07) is -1.09. The summed E-state index contributed by atoms with van der Waals surface area (Å²) >= 11 is 0. The van der Waals surface area contributed by atoms with Crippen LogP contribution < -0.4 is 10.6 Å². The molecule has 1 aliphatic rings. The van der Waals surface area contributed by atoms with Gasteiger partial charge in [-0.15, -0.1) is 0 Å². The lowest BCUT2D eigenvalue weighted by atomic mass is 9.79. The lowest BCUT2D eigenvalue weighted by Gasteiger charge is -2.49. The monoisotopic (exact) mass is 583 g/mol. The van der Waals surface area contributed by atoms with E-state index >= 15 is 0 Å². The van der Waals surface area contributed by atoms with Crippen molar-refractivity contribution in [1.82, 2.24) is 15.5 Å². The van der Waals surface area contributed by atoms with Gasteiger partial charge in [0.25, 0.3) is 0 Å². The third kappa shape index (κ3) is 9.29. The van der Waals surface area contributed by atoms with E-state index in [-0.39, 0.29) is 31.3 Å². The summed E-state index contributed by atoms with van der Waals surface area (Å²) in [6.07, 6.45) is -0.0764. The number of nitrogens with zero attached hydrogens (tertiary/aromatic N) is 1. The molecule has 13 nitrogen and oxygen atoms in total. The number of carbonyl (C=O) groups is 6. The first-order chi connectivity index (χ1) is 18.5. The van der Waals surface area contributed by atoms with E-state index in [0.717, 1.165) is 0 Å². The molecule has 0 saturated carbocycles. The van der Waals surface area contributed by atoms with E-state index in [1.54, 1.807) is 6.92 Å². The molecule has 0 unspecified atom stereocenters. The molecule has 0 spiro atoms. The number of hydrogen-bond acceptors (Lipinski definition) is 9. The maximum atomic E-state index is 13.4. The smallest absolute Gasteiger partial charge is 0.407 e. The number of imide groups is 1. The fourth-order valence-corrected chi connectivity index (χ4v) is 5.25. The second kappa shape index (κ2) is 14.7. The second-order valence-corrected chi connectivity index (χ2v) is 15.7. The molecule has 1 aliphatic heterocycles. The molecule has 1 rings (SSSR count). The quantitative estimate of drug-likeness (QED) is 0.119. The van der Waals surface area contributed by atoms with Gasteiger partial charge in [-0.3, -0.25) is 19.3 Å². The number of Topliss-reactive ketones (excluding diaryl/α,β-unsaturated/α-hetero) is 1. The minimum Gasteiger partial charge on any atom is -0.474 e. The molecule has 0 aromatic heterocycles. The first-order valence-corrected chi connectivity index (χ1v) is 15.7. The van der Waals surface area contributed by atoms with Crippen LogP contribution in [0.1, 0.15) is 34.1 Å². The largest absolute Gasteiger partial charge is 0.474 e. The van der Waals surface area contributed by atoms with E-state index in [1.165, 1.54) is 12.2 Å². The van der Waals surface area contributed by atoms with Gasteiger partial charge >= 0.3 is 24.1 Å². The molecule has 224 valence electrons. The van der Waals surface area contributed by atoms with Gasteiger partial charge in [-0.25, -0.2) is 14.4 Å². The third-order valence-electron chi connectivity index (χ3n) is 6.98. The van der Waals surface area contributed by atoms with Crippen molar-refractivity contribution in [1.29, 1.82) is 0 Å². The summed E-state index contributed by atoms with van der Waals surface area (Å²) in [6.45, 7) is 17.9. The summed E-state index contributed by atoms with van der Waals surface area (Å²) < 4.78 is 16.0. The van der Waals surface area contributed by atoms with E-state index in [4.69, 9.17) is 13.9 Å². The fraction of sp³-hybridized carbons (Fsp3) is 0.615. The maximum absolute atomic E-state index is 13.4. The third-order valence-corrected chi connectivity index (χ3v) is 11.6. The van der Waals surface area contributed by atoms with Crippen molar-refractivity contribution in [2.24, 2.45) is 11.8 Å². The maximum Gasteiger partial charge on any atom is 0.407 e. The highest BCUT2D eigenvalue weighted by molar-refractivity contribution is 6.74. The number of nitrogens with one attached hydrogen (secondary N) is 2. The van der Waals surface area contributed by atoms with Gasteiger partial charge in [0.15, 0.2) is 8.32 Å². The van der Waals surface area contributed by atoms with Crippen molar-refractivity contribution < 1.29 is 47.8 Å². The topological polar surface area (TPSA) is 178 Å². The van der Waals surface area contributed by atoms with Crippen LogP contribution in [0.15, 0.2) is 25.3 Å². The number of aliphatic carboxylic acids is 1. The van der Waals surface area contributed by atoms with Gasteiger partial charge in [0.05, 0.1) is 24.0 Å². The molecule has 0 aliphatic carbocycles. The standard InChI is InChI=1S/C26H41N3O10Si/c1-9-11-37-24(35)27-14-17(15-28-25(36)38-12-10-2)19(30)13-18-20(21(31)29(18)22(32)23(33)34)16(3)39-40(7,8)26(4,5)6/h9-10,16-18,20H,1-2,11-15H2,3-8H3,(H,27,35)(H,28,36)(H,33,34)/t16-,18-,20-/m1/s1. The zero-order chi connectivity index (χ0) is 30.8. The molecular formula is C26H41N3O10Si. The molecule has 4 amide bonds. The lowest BCUT2D eigenvalue weighted by Crippen LogP contribution is -2.69. The van der Waals surface area contributed by atoms with Crippen LogP contribution in [0.4, 0.5) is 9.59 Å². The Morgan fingerprint density at radius 3 is 1.90 bits per heavy atom. The zero-order valence-electron chi connectivity index (χ0n) is 24.0. The van der Waals surface area contributed by atoms with E-state index in [9.17, 15) is 33.9 Å². The Balaban J connectivity index is 3.18. The summed E-state index contributed by atoms with van der Waals surface area (Å²) in [7, 11) is -2.37. The molecule has 40 heavy (non-hydrogen) atoms. The summed E-state index contributed by atoms with van der Waals surface area (Å²) in [5, 5.41) is 13.9. The zero-order valence-corrected chi connectivity index (χ0v) is 25.0. The van der Waals surface area contributed by atoms with Crippen molar-refractivity contribution in [2.75, 3.05) is 26.3 Å². The van der Waals surface area contributed by atoms with Gasteiger partial charge in [0.1, 0.15) is 19.0 Å². The first kappa shape index (κ1) is 34.5. The molecule has 1 heterocycles. The van der Waals surface area contributed by atoms with Crippen LogP contribution in [0.2, 0.25) is 18.1 Å². The summed E-state index contributed by atoms with van der Waals surface area (Å²) in [4.78, 5) is 74.6. The van der Waals surface area contributed by atoms with Gasteiger partial charge in [-0.05, 0) is 25.1 Å². The van der Waals surface area contributed by atoms with Crippen LogP contribution in [0.25, 0.3) is 0 Å². The van der Waals surface area contributed by atoms with Crippen LogP contribution in [0.5, 0.6) is 0 Å². The molecule has 0 bridgehead atoms. The molecule has 3 atom stereocenters. The average Bonchev–Trinajstić information content (AvgIpc) is 2.84. The number of hydrogen-bond donors (Lipinski definition) is 3. The Bertz CT molecular complexity index is 979. The van der Waals surface area contributed by atoms with Crippen LogP contribution in [-0.2, 0) is 33.1 Å². The number of ketones is 1. The Labute approximate surface area is 235 Å². The van der Waals surface area contributed by atoms with Gasteiger partial charge in [0, 0.05) is 19.5 Å². The average molecular weight is 584 g/mol. The predicted octanol–water partition coefficient (Wildman–Crippen LogP) is 2.23. The van der Waals surface area contributed by atoms with Crippen molar-refractivity contribution >= 4 is 44.1 Å². The van der Waals surface area contributed by atoms with Crippen LogP contribution in [0, 0.1) is 11.8 Å². The van der Waals surface area contributed by atoms with Gasteiger partial charge < -0.3 is 29.6 Å². The fourth-order valence-electron chi connectivity index (χ4n) is 3.82. The van der Waals surface area contributed by atoms with Crippen molar-refractivity contribution in [3.8, 4) is 0 Å². The summed E-state index contributed by atoms with van der Waals surface area (Å²) in [5.41, 5.74) is 0. The normalized spacial score (nSPS) is 17.8. The number of amides is 4. The Morgan fingerprint density at radius 1 is 1.02 bits per heavy atom. The molecule has 14 heteroatoms. The molecule has 0 aromatic rings. The van der Waals surface area contributed by atoms with Gasteiger partial charge in [-0.1, -0.05) is 46.1 Å². The van der Waals surface area contributed by atoms with Crippen molar-refractivity contribution in [3.63, 3.8) is 0 Å². The predicted molar refractivity (Wildman–Crippen MR) is 147 cm³/mol. The Morgan fingerprint density at radius 2 is 1.50 bits per heavy atom. The highest BCUT2D eigenvalue weighted by atomic mass is 28.4. The Kier molecular flexibility index (Phi) is 12.7. The van der Waals surface area contributed by atoms with Crippen LogP contribution >= 0.6 is 0 Å². The Hall–Kier alpha value is -3.52. The number of rotatable bonds is 14. The van der Waals surface area contributed by atoms with E-state index in [1.807, 2.05) is 33.9 Å². The van der Waals surface area contributed by atoms with Crippen LogP contribution in [0.3, 0.4) is 0 Å². The number of ether oxygens (including phenoxy) is 2. The number of likely N-dealkylation sites (tertiary alicyclic amines) is 1. The van der Waals surface area contributed by atoms with Gasteiger partial charge in [-0.2, -0.15) is 0 Å². The van der Waals surface area contributed by atoms with Crippen LogP contribution in [-0.4, -0.2) is 92.5 Å². The molecular weight excluding hydrogens is 542 g/mol. The highest BCUT2D eigenvalue weighted by Gasteiger charge is 2.56. The molecule has 3 N–H and O–H groups in total. The summed E-state index contributed by atoms with van der Waals surface area (Å²) in [5.74, 6) is -6.55. The second-order valence-electron chi connectivity index (χ2n) is 10.9. The number of β-lactam (4-membered cyclic amide) rings is 1. The molecule has 1 saturated heterocycles. The first-order valence-electron chi connectivity index (χ1n) is 12.8. The SMILES string of the molecule is C=CCOC(=O)NCC(CNC(=O)OCC=C)C(=O)C[C@@H]1[C@@H]([C@@H](C)O[Si](C)(C)C(C)(C)C)C(=O)N1C(=O)C(=O)O. The van der Waals surface area contributed by atoms with E-state index in [0.29, 0.717) is 4.90 Å². The van der Waals surface area contributed by atoms with E-state index in [2.05, 4.69) is 23.8 Å². The van der Waals surface area contributed by atoms with Crippen molar-refractivity contribution in [2.45, 2.75) is 64.4 Å².